The van der Waals surface area contributed by atoms with Gasteiger partial charge in [-0.15, -0.1) is 0 Å². The van der Waals surface area contributed by atoms with Crippen molar-refractivity contribution < 1.29 is 19.1 Å². The zero-order chi connectivity index (χ0) is 35.3. The average Bonchev–Trinajstić information content (AvgIpc) is 3.08. The van der Waals surface area contributed by atoms with Gasteiger partial charge in [-0.3, -0.25) is 9.59 Å². The summed E-state index contributed by atoms with van der Waals surface area (Å²) < 4.78 is 11.4. The van der Waals surface area contributed by atoms with Crippen molar-refractivity contribution >= 4 is 11.9 Å². The third-order valence-corrected chi connectivity index (χ3v) is 10.5. The average molecular weight is 679 g/mol. The molecule has 0 aliphatic rings. The SMILES string of the molecule is CCCCCCC(CCCC)COC(=O)CCCCCCCCC(C)CCCCCCCCC(=O)OCC(CCCC)CCCCCC. The number of hydrogen-bond acceptors (Lipinski definition) is 4. The maximum Gasteiger partial charge on any atom is 0.305 e. The minimum Gasteiger partial charge on any atom is -0.465 e. The molecule has 0 aliphatic heterocycles. The summed E-state index contributed by atoms with van der Waals surface area (Å²) >= 11 is 0. The van der Waals surface area contributed by atoms with Gasteiger partial charge in [-0.05, 0) is 56.3 Å². The van der Waals surface area contributed by atoms with Crippen LogP contribution in [-0.2, 0) is 19.1 Å². The van der Waals surface area contributed by atoms with Crippen LogP contribution in [0.5, 0.6) is 0 Å². The van der Waals surface area contributed by atoms with Gasteiger partial charge in [0.1, 0.15) is 0 Å². The van der Waals surface area contributed by atoms with Crippen LogP contribution in [0.1, 0.15) is 240 Å². The lowest BCUT2D eigenvalue weighted by Gasteiger charge is -2.17. The Kier molecular flexibility index (Phi) is 36.4. The molecule has 0 saturated heterocycles. The Morgan fingerprint density at radius 2 is 0.667 bits per heavy atom. The normalized spacial score (nSPS) is 13.4. The van der Waals surface area contributed by atoms with E-state index in [1.54, 1.807) is 0 Å². The minimum atomic E-state index is 0.0217. The Labute approximate surface area is 301 Å². The van der Waals surface area contributed by atoms with E-state index in [0.717, 1.165) is 31.6 Å². The lowest BCUT2D eigenvalue weighted by atomic mass is 9.95. The van der Waals surface area contributed by atoms with Crippen molar-refractivity contribution in [1.82, 2.24) is 0 Å². The van der Waals surface area contributed by atoms with E-state index in [1.807, 2.05) is 0 Å². The van der Waals surface area contributed by atoms with E-state index >= 15 is 0 Å². The molecule has 0 heterocycles. The van der Waals surface area contributed by atoms with Crippen molar-refractivity contribution in [2.45, 2.75) is 240 Å². The van der Waals surface area contributed by atoms with Gasteiger partial charge in [0.15, 0.2) is 0 Å². The summed E-state index contributed by atoms with van der Waals surface area (Å²) in [5.41, 5.74) is 0. The van der Waals surface area contributed by atoms with Gasteiger partial charge in [-0.25, -0.2) is 0 Å². The third kappa shape index (κ3) is 33.4. The summed E-state index contributed by atoms with van der Waals surface area (Å²) in [6, 6.07) is 0. The van der Waals surface area contributed by atoms with Gasteiger partial charge in [-0.2, -0.15) is 0 Å². The fraction of sp³-hybridized carbons (Fsp3) is 0.955. The van der Waals surface area contributed by atoms with Gasteiger partial charge in [0.05, 0.1) is 13.2 Å². The number of ether oxygens (including phenoxy) is 2. The topological polar surface area (TPSA) is 52.6 Å². The minimum absolute atomic E-state index is 0.0217. The lowest BCUT2D eigenvalue weighted by Crippen LogP contribution is -2.14. The highest BCUT2D eigenvalue weighted by atomic mass is 16.5. The first kappa shape index (κ1) is 46.9. The molecule has 0 aromatic heterocycles. The monoisotopic (exact) mass is 679 g/mol. The highest BCUT2D eigenvalue weighted by Gasteiger charge is 2.13. The number of unbranched alkanes of at least 4 members (excludes halogenated alkanes) is 18. The highest BCUT2D eigenvalue weighted by Crippen LogP contribution is 2.21. The highest BCUT2D eigenvalue weighted by molar-refractivity contribution is 5.69. The molecule has 4 heteroatoms. The van der Waals surface area contributed by atoms with Crippen LogP contribution in [-0.4, -0.2) is 25.2 Å². The maximum atomic E-state index is 12.3. The second-order valence-corrected chi connectivity index (χ2v) is 15.5. The summed E-state index contributed by atoms with van der Waals surface area (Å²) in [6.45, 7) is 12.7. The van der Waals surface area contributed by atoms with Crippen LogP contribution in [0, 0.1) is 17.8 Å². The Bertz CT molecular complexity index is 621. The van der Waals surface area contributed by atoms with Gasteiger partial charge >= 0.3 is 11.9 Å². The molecule has 0 rings (SSSR count). The predicted molar refractivity (Wildman–Crippen MR) is 209 cm³/mol. The van der Waals surface area contributed by atoms with Gasteiger partial charge < -0.3 is 9.47 Å². The van der Waals surface area contributed by atoms with Crippen molar-refractivity contribution in [1.29, 1.82) is 0 Å². The summed E-state index contributed by atoms with van der Waals surface area (Å²) in [5.74, 6) is 1.99. The molecule has 0 radical (unpaired) electrons. The molecule has 0 aliphatic carbocycles. The fourth-order valence-electron chi connectivity index (χ4n) is 6.98. The summed E-state index contributed by atoms with van der Waals surface area (Å²) in [7, 11) is 0. The van der Waals surface area contributed by atoms with E-state index < -0.39 is 0 Å². The van der Waals surface area contributed by atoms with Crippen LogP contribution in [0.4, 0.5) is 0 Å². The first-order valence-electron chi connectivity index (χ1n) is 21.8. The quantitative estimate of drug-likeness (QED) is 0.0482. The van der Waals surface area contributed by atoms with E-state index in [-0.39, 0.29) is 11.9 Å². The van der Waals surface area contributed by atoms with Crippen LogP contribution < -0.4 is 0 Å². The molecule has 286 valence electrons. The number of esters is 2. The maximum absolute atomic E-state index is 12.3. The van der Waals surface area contributed by atoms with Crippen LogP contribution >= 0.6 is 0 Å². The molecular formula is C44H86O4. The molecule has 0 saturated carbocycles. The largest absolute Gasteiger partial charge is 0.465 e. The van der Waals surface area contributed by atoms with E-state index in [2.05, 4.69) is 34.6 Å². The molecule has 0 spiro atoms. The zero-order valence-corrected chi connectivity index (χ0v) is 33.4. The van der Waals surface area contributed by atoms with Gasteiger partial charge in [0, 0.05) is 12.8 Å². The number of carbonyl (C=O) groups is 2. The smallest absolute Gasteiger partial charge is 0.305 e. The number of rotatable bonds is 38. The number of hydrogen-bond donors (Lipinski definition) is 0. The van der Waals surface area contributed by atoms with Crippen molar-refractivity contribution in [3.8, 4) is 0 Å². The summed E-state index contributed by atoms with van der Waals surface area (Å²) in [4.78, 5) is 24.5. The molecule has 0 amide bonds. The lowest BCUT2D eigenvalue weighted by molar-refractivity contribution is -0.146. The van der Waals surface area contributed by atoms with Gasteiger partial charge in [0.25, 0.3) is 0 Å². The Morgan fingerprint density at radius 1 is 0.375 bits per heavy atom. The fourth-order valence-corrected chi connectivity index (χ4v) is 6.98. The zero-order valence-electron chi connectivity index (χ0n) is 33.4. The van der Waals surface area contributed by atoms with Gasteiger partial charge in [0.2, 0.25) is 0 Å². The summed E-state index contributed by atoms with van der Waals surface area (Å²) in [6.07, 6.45) is 38.7. The van der Waals surface area contributed by atoms with E-state index in [0.29, 0.717) is 37.9 Å². The van der Waals surface area contributed by atoms with E-state index in [9.17, 15) is 9.59 Å². The molecule has 0 bridgehead atoms. The third-order valence-electron chi connectivity index (χ3n) is 10.5. The second kappa shape index (κ2) is 37.2. The van der Waals surface area contributed by atoms with Crippen molar-refractivity contribution in [3.63, 3.8) is 0 Å². The Morgan fingerprint density at radius 3 is 1.04 bits per heavy atom. The van der Waals surface area contributed by atoms with Crippen LogP contribution in [0.25, 0.3) is 0 Å². The molecule has 0 fully saturated rings. The summed E-state index contributed by atoms with van der Waals surface area (Å²) in [5, 5.41) is 0. The van der Waals surface area contributed by atoms with Crippen molar-refractivity contribution in [2.24, 2.45) is 17.8 Å². The van der Waals surface area contributed by atoms with Crippen LogP contribution in [0.3, 0.4) is 0 Å². The molecule has 2 atom stereocenters. The van der Waals surface area contributed by atoms with E-state index in [1.165, 1.54) is 167 Å². The molecule has 0 aromatic rings. The number of carbonyl (C=O) groups excluding carboxylic acids is 2. The van der Waals surface area contributed by atoms with Crippen molar-refractivity contribution in [3.05, 3.63) is 0 Å². The predicted octanol–water partition coefficient (Wildman–Crippen LogP) is 14.5. The Balaban J connectivity index is 3.66. The first-order chi connectivity index (χ1) is 23.5. The van der Waals surface area contributed by atoms with Crippen molar-refractivity contribution in [2.75, 3.05) is 13.2 Å². The molecule has 2 unspecified atom stereocenters. The Hall–Kier alpha value is -1.06. The second-order valence-electron chi connectivity index (χ2n) is 15.5. The van der Waals surface area contributed by atoms with Crippen LogP contribution in [0.2, 0.25) is 0 Å². The first-order valence-corrected chi connectivity index (χ1v) is 21.8. The molecule has 48 heavy (non-hydrogen) atoms. The molecule has 0 N–H and O–H groups in total. The molecular weight excluding hydrogens is 592 g/mol. The van der Waals surface area contributed by atoms with Gasteiger partial charge in [-0.1, -0.05) is 189 Å². The molecule has 0 aromatic carbocycles. The standard InChI is InChI=1S/C44H86O4/c1-6-10-14-26-34-41(32-12-8-3)38-47-43(45)36-28-22-18-16-20-24-30-40(5)31-25-21-17-19-23-29-37-44(46)48-39-42(33-13-9-4)35-27-15-11-7-2/h40-42H,6-39H2,1-5H3. The van der Waals surface area contributed by atoms with E-state index in [4.69, 9.17) is 9.47 Å². The molecule has 4 nitrogen and oxygen atoms in total. The van der Waals surface area contributed by atoms with Crippen LogP contribution in [0.15, 0.2) is 0 Å².